The molecule has 22 heavy (non-hydrogen) atoms. The highest BCUT2D eigenvalue weighted by atomic mass is 79.9. The molecule has 114 valence electrons. The molecule has 3 nitrogen and oxygen atoms in total. The van der Waals surface area contributed by atoms with Gasteiger partial charge in [-0.25, -0.2) is 0 Å². The Kier molecular flexibility index (Phi) is 5.78. The predicted molar refractivity (Wildman–Crippen MR) is 92.7 cm³/mol. The van der Waals surface area contributed by atoms with Crippen LogP contribution in [0, 0.1) is 0 Å². The fourth-order valence-corrected chi connectivity index (χ4v) is 2.45. The number of phenolic OH excluding ortho intramolecular Hbond substituents is 1. The highest BCUT2D eigenvalue weighted by molar-refractivity contribution is 9.10. The third-order valence-corrected chi connectivity index (χ3v) is 3.66. The number of hydrogen-bond donors (Lipinski definition) is 2. The highest BCUT2D eigenvalue weighted by Crippen LogP contribution is 2.20. The number of phenols is 1. The van der Waals surface area contributed by atoms with Crippen LogP contribution in [0.15, 0.2) is 53.0 Å². The maximum absolute atomic E-state index is 12.2. The molecule has 0 aliphatic carbocycles. The summed E-state index contributed by atoms with van der Waals surface area (Å²) in [4.78, 5) is 12.2. The van der Waals surface area contributed by atoms with Crippen molar-refractivity contribution in [2.24, 2.45) is 0 Å². The molecule has 1 amide bonds. The summed E-state index contributed by atoms with van der Waals surface area (Å²) >= 11 is 3.41. The van der Waals surface area contributed by atoms with Crippen molar-refractivity contribution in [2.45, 2.75) is 19.9 Å². The monoisotopic (exact) mass is 359 g/mol. The molecule has 0 unspecified atom stereocenters. The zero-order chi connectivity index (χ0) is 15.9. The number of carbonyl (C=O) groups excluding carboxylic acids is 1. The molecule has 4 heteroatoms. The van der Waals surface area contributed by atoms with E-state index in [1.807, 2.05) is 43.3 Å². The van der Waals surface area contributed by atoms with E-state index in [1.54, 1.807) is 18.2 Å². The number of amides is 1. The number of halogens is 1. The normalized spacial score (nSPS) is 10.8. The second kappa shape index (κ2) is 7.80. The lowest BCUT2D eigenvalue weighted by atomic mass is 10.1. The van der Waals surface area contributed by atoms with Crippen LogP contribution in [-0.2, 0) is 6.54 Å². The van der Waals surface area contributed by atoms with Gasteiger partial charge in [0.2, 0.25) is 0 Å². The van der Waals surface area contributed by atoms with Gasteiger partial charge in [0.15, 0.2) is 0 Å². The molecule has 2 N–H and O–H groups in total. The van der Waals surface area contributed by atoms with Crippen molar-refractivity contribution in [1.82, 2.24) is 5.32 Å². The summed E-state index contributed by atoms with van der Waals surface area (Å²) in [5, 5.41) is 12.7. The summed E-state index contributed by atoms with van der Waals surface area (Å²) in [6, 6.07) is 12.6. The molecule has 0 aliphatic rings. The fraction of sp³-hybridized carbons (Fsp3) is 0.167. The van der Waals surface area contributed by atoms with E-state index in [0.29, 0.717) is 17.7 Å². The second-order valence-corrected chi connectivity index (χ2v) is 5.81. The summed E-state index contributed by atoms with van der Waals surface area (Å²) in [7, 11) is 0. The Hall–Kier alpha value is -2.07. The zero-order valence-corrected chi connectivity index (χ0v) is 13.9. The molecule has 0 saturated heterocycles. The summed E-state index contributed by atoms with van der Waals surface area (Å²) in [5.74, 6) is 0.0133. The van der Waals surface area contributed by atoms with Crippen molar-refractivity contribution in [3.05, 3.63) is 69.7 Å². The van der Waals surface area contributed by atoms with Crippen LogP contribution in [0.5, 0.6) is 5.75 Å². The van der Waals surface area contributed by atoms with Crippen LogP contribution in [-0.4, -0.2) is 11.0 Å². The van der Waals surface area contributed by atoms with Crippen molar-refractivity contribution < 1.29 is 9.90 Å². The topological polar surface area (TPSA) is 49.3 Å². The van der Waals surface area contributed by atoms with Gasteiger partial charge in [-0.2, -0.15) is 0 Å². The van der Waals surface area contributed by atoms with Crippen molar-refractivity contribution >= 4 is 27.9 Å². The van der Waals surface area contributed by atoms with Crippen LogP contribution >= 0.6 is 15.9 Å². The van der Waals surface area contributed by atoms with Crippen LogP contribution in [0.1, 0.15) is 34.8 Å². The number of benzene rings is 2. The molecule has 2 aromatic rings. The summed E-state index contributed by atoms with van der Waals surface area (Å²) < 4.78 is 0.982. The van der Waals surface area contributed by atoms with Gasteiger partial charge in [-0.1, -0.05) is 47.1 Å². The van der Waals surface area contributed by atoms with Crippen LogP contribution < -0.4 is 5.32 Å². The van der Waals surface area contributed by atoms with Gasteiger partial charge in [-0.3, -0.25) is 4.79 Å². The average Bonchev–Trinajstić information content (AvgIpc) is 2.52. The lowest BCUT2D eigenvalue weighted by molar-refractivity contribution is 0.0951. The Balaban J connectivity index is 2.07. The quantitative estimate of drug-likeness (QED) is 0.824. The number of rotatable bonds is 5. The molecule has 0 radical (unpaired) electrons. The molecule has 0 spiro atoms. The molecule has 2 aromatic carbocycles. The van der Waals surface area contributed by atoms with Crippen molar-refractivity contribution in [1.29, 1.82) is 0 Å². The lowest BCUT2D eigenvalue weighted by Crippen LogP contribution is -2.22. The van der Waals surface area contributed by atoms with Gasteiger partial charge in [0.1, 0.15) is 5.75 Å². The highest BCUT2D eigenvalue weighted by Gasteiger charge is 2.08. The zero-order valence-electron chi connectivity index (χ0n) is 12.3. The van der Waals surface area contributed by atoms with Crippen LogP contribution in [0.3, 0.4) is 0 Å². The smallest absolute Gasteiger partial charge is 0.251 e. The number of aromatic hydroxyl groups is 1. The Labute approximate surface area is 138 Å². The van der Waals surface area contributed by atoms with Gasteiger partial charge in [-0.05, 0) is 42.3 Å². The Bertz CT molecular complexity index is 695. The molecule has 0 heterocycles. The van der Waals surface area contributed by atoms with Crippen LogP contribution in [0.4, 0.5) is 0 Å². The van der Waals surface area contributed by atoms with Gasteiger partial charge in [0, 0.05) is 22.1 Å². The largest absolute Gasteiger partial charge is 0.507 e. The van der Waals surface area contributed by atoms with E-state index in [-0.39, 0.29) is 11.7 Å². The first-order chi connectivity index (χ1) is 10.6. The molecule has 0 saturated carbocycles. The van der Waals surface area contributed by atoms with Gasteiger partial charge in [0.05, 0.1) is 0 Å². The Morgan fingerprint density at radius 2 is 2.09 bits per heavy atom. The van der Waals surface area contributed by atoms with Gasteiger partial charge in [-0.15, -0.1) is 0 Å². The van der Waals surface area contributed by atoms with Gasteiger partial charge >= 0.3 is 0 Å². The lowest BCUT2D eigenvalue weighted by Gasteiger charge is -2.07. The van der Waals surface area contributed by atoms with E-state index in [0.717, 1.165) is 16.5 Å². The first-order valence-electron chi connectivity index (χ1n) is 7.12. The molecular formula is C18H18BrNO2. The maximum atomic E-state index is 12.2. The Morgan fingerprint density at radius 3 is 2.82 bits per heavy atom. The van der Waals surface area contributed by atoms with E-state index >= 15 is 0 Å². The molecule has 0 aromatic heterocycles. The minimum atomic E-state index is -0.161. The van der Waals surface area contributed by atoms with Crippen LogP contribution in [0.25, 0.3) is 6.08 Å². The van der Waals surface area contributed by atoms with E-state index in [1.165, 1.54) is 0 Å². The molecule has 0 bridgehead atoms. The summed E-state index contributed by atoms with van der Waals surface area (Å²) in [5.41, 5.74) is 2.20. The molecule has 0 atom stereocenters. The summed E-state index contributed by atoms with van der Waals surface area (Å²) in [6.45, 7) is 2.47. The van der Waals surface area contributed by atoms with E-state index < -0.39 is 0 Å². The molecule has 0 aliphatic heterocycles. The van der Waals surface area contributed by atoms with E-state index in [9.17, 15) is 9.90 Å². The maximum Gasteiger partial charge on any atom is 0.251 e. The van der Waals surface area contributed by atoms with Crippen LogP contribution in [0.2, 0.25) is 0 Å². The Morgan fingerprint density at radius 1 is 1.27 bits per heavy atom. The first-order valence-corrected chi connectivity index (χ1v) is 7.91. The molecular weight excluding hydrogens is 342 g/mol. The standard InChI is InChI=1S/C18H18BrNO2/c1-2-3-6-14-11-15(8-9-17(14)21)18(22)20-12-13-5-4-7-16(19)10-13/h3-11,21H,2,12H2,1H3,(H,20,22)/b6-3+. The van der Waals surface area contributed by atoms with Gasteiger partial charge < -0.3 is 10.4 Å². The predicted octanol–water partition coefficient (Wildman–Crippen LogP) is 4.51. The fourth-order valence-electron chi connectivity index (χ4n) is 2.01. The number of hydrogen-bond acceptors (Lipinski definition) is 2. The second-order valence-electron chi connectivity index (χ2n) is 4.90. The van der Waals surface area contributed by atoms with Crippen molar-refractivity contribution in [3.63, 3.8) is 0 Å². The van der Waals surface area contributed by atoms with Gasteiger partial charge in [0.25, 0.3) is 5.91 Å². The average molecular weight is 360 g/mol. The number of carbonyl (C=O) groups is 1. The van der Waals surface area contributed by atoms with E-state index in [2.05, 4.69) is 21.2 Å². The molecule has 2 rings (SSSR count). The third kappa shape index (κ3) is 4.46. The molecule has 0 fully saturated rings. The number of nitrogens with one attached hydrogen (secondary N) is 1. The minimum Gasteiger partial charge on any atom is -0.507 e. The first kappa shape index (κ1) is 16.3. The SMILES string of the molecule is CC/C=C/c1cc(C(=O)NCc2cccc(Br)c2)ccc1O. The van der Waals surface area contributed by atoms with Crippen molar-refractivity contribution in [3.8, 4) is 5.75 Å². The third-order valence-electron chi connectivity index (χ3n) is 3.16. The minimum absolute atomic E-state index is 0.161. The summed E-state index contributed by atoms with van der Waals surface area (Å²) in [6.07, 6.45) is 4.64. The number of allylic oxidation sites excluding steroid dienone is 1. The van der Waals surface area contributed by atoms with E-state index in [4.69, 9.17) is 0 Å². The van der Waals surface area contributed by atoms with Crippen molar-refractivity contribution in [2.75, 3.05) is 0 Å².